The van der Waals surface area contributed by atoms with Crippen LogP contribution in [-0.4, -0.2) is 28.4 Å². The molecule has 1 amide bonds. The van der Waals surface area contributed by atoms with Crippen LogP contribution in [-0.2, 0) is 4.79 Å². The summed E-state index contributed by atoms with van der Waals surface area (Å²) in [5, 5.41) is 11.9. The molecule has 0 fully saturated rings. The fraction of sp³-hybridized carbons (Fsp3) is 0.400. The first kappa shape index (κ1) is 22.4. The van der Waals surface area contributed by atoms with Crippen LogP contribution < -0.4 is 20.6 Å². The third-order valence-electron chi connectivity index (χ3n) is 5.55. The van der Waals surface area contributed by atoms with Crippen molar-refractivity contribution in [1.29, 1.82) is 0 Å². The zero-order chi connectivity index (χ0) is 22.5. The molecule has 7 heteroatoms. The number of unbranched alkanes of at least 4 members (excludes halogenated alkanes) is 3. The Morgan fingerprint density at radius 1 is 1.12 bits per heavy atom. The maximum Gasteiger partial charge on any atom is 0.276 e. The lowest BCUT2D eigenvalue weighted by Crippen LogP contribution is -2.50. The summed E-state index contributed by atoms with van der Waals surface area (Å²) in [7, 11) is 0. The molecule has 4 rings (SSSR count). The van der Waals surface area contributed by atoms with Gasteiger partial charge in [-0.1, -0.05) is 62.2 Å². The number of ether oxygens (including phenoxy) is 1. The van der Waals surface area contributed by atoms with Crippen molar-refractivity contribution in [2.45, 2.75) is 52.6 Å². The van der Waals surface area contributed by atoms with Gasteiger partial charge in [-0.15, -0.1) is 5.10 Å². The van der Waals surface area contributed by atoms with Crippen LogP contribution in [0.25, 0.3) is 5.70 Å². The molecule has 6 nitrogen and oxygen atoms in total. The van der Waals surface area contributed by atoms with Crippen molar-refractivity contribution in [1.82, 2.24) is 10.3 Å². The first-order chi connectivity index (χ1) is 15.6. The molecule has 2 aliphatic heterocycles. The molecule has 0 aromatic heterocycles. The second-order valence-electron chi connectivity index (χ2n) is 7.94. The Labute approximate surface area is 193 Å². The molecule has 0 saturated heterocycles. The molecule has 0 spiro atoms. The predicted molar refractivity (Wildman–Crippen MR) is 130 cm³/mol. The van der Waals surface area contributed by atoms with E-state index >= 15 is 0 Å². The minimum absolute atomic E-state index is 0.133. The molecule has 168 valence electrons. The van der Waals surface area contributed by atoms with Gasteiger partial charge < -0.3 is 4.74 Å². The van der Waals surface area contributed by atoms with E-state index in [0.717, 1.165) is 39.6 Å². The summed E-state index contributed by atoms with van der Waals surface area (Å²) in [6, 6.07) is 13.8. The maximum absolute atomic E-state index is 13.2. The monoisotopic (exact) mass is 450 g/mol. The van der Waals surface area contributed by atoms with Gasteiger partial charge in [-0.3, -0.25) is 15.1 Å². The quantitative estimate of drug-likeness (QED) is 0.621. The van der Waals surface area contributed by atoms with Gasteiger partial charge in [0.15, 0.2) is 11.3 Å². The van der Waals surface area contributed by atoms with Gasteiger partial charge in [0.1, 0.15) is 11.4 Å². The van der Waals surface area contributed by atoms with E-state index in [1.165, 1.54) is 19.3 Å². The number of nitrogens with one attached hydrogen (secondary N) is 1. The molecule has 1 N–H and O–H groups in total. The largest absolute Gasteiger partial charge is 0.494 e. The van der Waals surface area contributed by atoms with E-state index in [4.69, 9.17) is 14.8 Å². The van der Waals surface area contributed by atoms with Gasteiger partial charge in [-0.25, -0.2) is 5.01 Å². The van der Waals surface area contributed by atoms with Crippen LogP contribution in [0, 0.1) is 6.92 Å². The van der Waals surface area contributed by atoms with E-state index in [1.54, 1.807) is 16.8 Å². The summed E-state index contributed by atoms with van der Waals surface area (Å²) >= 11 is 1.60. The van der Waals surface area contributed by atoms with E-state index in [0.29, 0.717) is 17.5 Å². The smallest absolute Gasteiger partial charge is 0.276 e. The van der Waals surface area contributed by atoms with Gasteiger partial charge in [-0.05, 0) is 49.6 Å². The van der Waals surface area contributed by atoms with Crippen molar-refractivity contribution in [2.24, 2.45) is 10.1 Å². The number of carbonyl (C=O) groups is 1. The van der Waals surface area contributed by atoms with E-state index in [9.17, 15) is 4.79 Å². The van der Waals surface area contributed by atoms with Crippen molar-refractivity contribution >= 4 is 28.5 Å². The molecule has 0 aliphatic carbocycles. The summed E-state index contributed by atoms with van der Waals surface area (Å²) in [4.78, 5) is 18.1. The Kier molecular flexibility index (Phi) is 7.15. The second-order valence-corrected chi connectivity index (χ2v) is 9.02. The average Bonchev–Trinajstić information content (AvgIpc) is 2.79. The van der Waals surface area contributed by atoms with E-state index < -0.39 is 6.17 Å². The van der Waals surface area contributed by atoms with Crippen molar-refractivity contribution in [3.63, 3.8) is 0 Å². The van der Waals surface area contributed by atoms with Gasteiger partial charge in [0.05, 0.1) is 12.0 Å². The number of amides is 1. The molecule has 0 bridgehead atoms. The van der Waals surface area contributed by atoms with Crippen molar-refractivity contribution < 1.29 is 9.53 Å². The van der Waals surface area contributed by atoms with Gasteiger partial charge in [0.2, 0.25) is 0 Å². The lowest BCUT2D eigenvalue weighted by atomic mass is 10.1. The highest BCUT2D eigenvalue weighted by atomic mass is 32.2. The van der Waals surface area contributed by atoms with Crippen molar-refractivity contribution in [2.75, 3.05) is 12.4 Å². The van der Waals surface area contributed by atoms with Gasteiger partial charge in [0, 0.05) is 11.0 Å². The number of aryl methyl sites for hydroxylation is 1. The summed E-state index contributed by atoms with van der Waals surface area (Å²) in [6.07, 6.45) is 4.34. The Balaban J connectivity index is 1.71. The first-order valence-corrected chi connectivity index (χ1v) is 12.3. The minimum Gasteiger partial charge on any atom is -0.494 e. The third kappa shape index (κ3) is 4.67. The zero-order valence-corrected chi connectivity index (χ0v) is 19.7. The van der Waals surface area contributed by atoms with E-state index in [1.807, 2.05) is 50.2 Å². The maximum atomic E-state index is 13.2. The molecule has 0 saturated carbocycles. The molecule has 0 radical (unpaired) electrons. The van der Waals surface area contributed by atoms with Crippen molar-refractivity contribution in [3.05, 3.63) is 64.2 Å². The number of amidine groups is 1. The van der Waals surface area contributed by atoms with Crippen LogP contribution in [0.2, 0.25) is 0 Å². The number of nitrogens with zero attached hydrogens (tertiary/aromatic N) is 3. The number of hydrogen-bond acceptors (Lipinski definition) is 6. The summed E-state index contributed by atoms with van der Waals surface area (Å²) in [5.74, 6) is 1.66. The van der Waals surface area contributed by atoms with Gasteiger partial charge in [-0.2, -0.15) is 0 Å². The van der Waals surface area contributed by atoms with Crippen LogP contribution >= 0.6 is 11.8 Å². The van der Waals surface area contributed by atoms with Crippen LogP contribution in [0.5, 0.6) is 5.75 Å². The molecular weight excluding hydrogens is 420 g/mol. The topological polar surface area (TPSA) is 66.3 Å². The molecular formula is C25H30N4O2S. The number of hydrazone groups is 1. The highest BCUT2D eigenvalue weighted by molar-refractivity contribution is 8.13. The fourth-order valence-corrected chi connectivity index (χ4v) is 4.81. The Morgan fingerprint density at radius 3 is 2.75 bits per heavy atom. The lowest BCUT2D eigenvalue weighted by molar-refractivity contribution is -0.116. The zero-order valence-electron chi connectivity index (χ0n) is 18.9. The molecule has 2 heterocycles. The molecule has 2 aromatic rings. The normalized spacial score (nSPS) is 17.2. The average molecular weight is 451 g/mol. The highest BCUT2D eigenvalue weighted by Crippen LogP contribution is 2.33. The summed E-state index contributed by atoms with van der Waals surface area (Å²) in [5.41, 5.74) is 2.56. The van der Waals surface area contributed by atoms with E-state index in [-0.39, 0.29) is 5.91 Å². The summed E-state index contributed by atoms with van der Waals surface area (Å²) < 4.78 is 5.70. The highest BCUT2D eigenvalue weighted by Gasteiger charge is 2.34. The fourth-order valence-electron chi connectivity index (χ4n) is 3.96. The Morgan fingerprint density at radius 2 is 1.97 bits per heavy atom. The van der Waals surface area contributed by atoms with Crippen LogP contribution in [0.4, 0.5) is 0 Å². The Bertz CT molecular complexity index is 1140. The SMILES string of the molecule is CCCCCCSC1=NN2C(=c3ccccc3=N[C@H]2c2ccc(OCC)c(C)c2)C(=O)N1. The lowest BCUT2D eigenvalue weighted by Gasteiger charge is -2.34. The third-order valence-corrected chi connectivity index (χ3v) is 6.50. The standard InChI is InChI=1S/C25H30N4O2S/c1-4-6-7-10-15-32-25-27-24(30)22-19-11-8-9-12-20(19)26-23(29(22)28-25)18-13-14-21(31-5-2)17(3)16-18/h8-9,11-14,16,23H,4-7,10,15H2,1-3H3,(H,27,28,30)/t23-/m1/s1. The minimum atomic E-state index is -0.406. The number of fused-ring (bicyclic) bond motifs is 2. The first-order valence-electron chi connectivity index (χ1n) is 11.3. The Hall–Kier alpha value is -2.80. The molecule has 32 heavy (non-hydrogen) atoms. The van der Waals surface area contributed by atoms with E-state index in [2.05, 4.69) is 18.3 Å². The van der Waals surface area contributed by atoms with Crippen LogP contribution in [0.15, 0.2) is 52.6 Å². The van der Waals surface area contributed by atoms with Gasteiger partial charge in [0.25, 0.3) is 5.91 Å². The molecule has 0 unspecified atom stereocenters. The molecule has 2 aliphatic rings. The number of para-hydroxylation sites is 1. The molecule has 1 atom stereocenters. The van der Waals surface area contributed by atoms with Gasteiger partial charge >= 0.3 is 0 Å². The number of carbonyl (C=O) groups excluding carboxylic acids is 1. The second kappa shape index (κ2) is 10.2. The number of hydrogen-bond donors (Lipinski definition) is 1. The number of rotatable bonds is 8. The van der Waals surface area contributed by atoms with Crippen LogP contribution in [0.1, 0.15) is 56.8 Å². The van der Waals surface area contributed by atoms with Crippen molar-refractivity contribution in [3.8, 4) is 5.75 Å². The summed E-state index contributed by atoms with van der Waals surface area (Å²) in [6.45, 7) is 6.83. The number of thioether (sulfide) groups is 1. The van der Waals surface area contributed by atoms with Crippen LogP contribution in [0.3, 0.4) is 0 Å². The predicted octanol–water partition coefficient (Wildman–Crippen LogP) is 3.85. The number of benzene rings is 2. The molecule has 2 aromatic carbocycles.